The van der Waals surface area contributed by atoms with Crippen LogP contribution in [0.25, 0.3) is 27.3 Å². The van der Waals surface area contributed by atoms with Gasteiger partial charge in [-0.05, 0) is 35.9 Å². The summed E-state index contributed by atoms with van der Waals surface area (Å²) >= 11 is 1.82. The number of thioether (sulfide) groups is 1. The molecule has 0 amide bonds. The minimum absolute atomic E-state index is 1.29. The fourth-order valence-electron chi connectivity index (χ4n) is 2.67. The first-order valence-electron chi connectivity index (χ1n) is 5.68. The van der Waals surface area contributed by atoms with Crippen LogP contribution in [0.5, 0.6) is 0 Å². The van der Waals surface area contributed by atoms with Gasteiger partial charge in [0.1, 0.15) is 0 Å². The molecular formula is C15H11NS. The summed E-state index contributed by atoms with van der Waals surface area (Å²) in [5.41, 5.74) is 3.93. The predicted octanol–water partition coefficient (Wildman–Crippen LogP) is 4.41. The third kappa shape index (κ3) is 1.11. The zero-order valence-corrected chi connectivity index (χ0v) is 10.3. The summed E-state index contributed by atoms with van der Waals surface area (Å²) in [5.74, 6) is 0. The van der Waals surface area contributed by atoms with Crippen LogP contribution in [-0.4, -0.2) is 10.7 Å². The van der Waals surface area contributed by atoms with Crippen molar-refractivity contribution in [3.8, 4) is 0 Å². The van der Waals surface area contributed by atoms with E-state index < -0.39 is 0 Å². The molecule has 82 valence electrons. The van der Waals surface area contributed by atoms with Gasteiger partial charge < -0.3 is 4.40 Å². The van der Waals surface area contributed by atoms with Gasteiger partial charge in [0.25, 0.3) is 0 Å². The van der Waals surface area contributed by atoms with Gasteiger partial charge in [0.05, 0.1) is 11.0 Å². The van der Waals surface area contributed by atoms with E-state index in [1.807, 2.05) is 11.8 Å². The Morgan fingerprint density at radius 2 is 1.82 bits per heavy atom. The number of pyridine rings is 1. The first-order valence-corrected chi connectivity index (χ1v) is 6.90. The second kappa shape index (κ2) is 3.17. The summed E-state index contributed by atoms with van der Waals surface area (Å²) < 4.78 is 2.36. The molecule has 4 rings (SSSR count). The normalized spacial score (nSPS) is 12.1. The van der Waals surface area contributed by atoms with E-state index in [4.69, 9.17) is 0 Å². The van der Waals surface area contributed by atoms with Crippen LogP contribution in [0.2, 0.25) is 0 Å². The van der Waals surface area contributed by atoms with Crippen molar-refractivity contribution in [2.45, 2.75) is 4.90 Å². The quantitative estimate of drug-likeness (QED) is 0.444. The molecule has 3 aromatic heterocycles. The maximum absolute atomic E-state index is 2.36. The molecule has 0 saturated carbocycles. The van der Waals surface area contributed by atoms with Crippen molar-refractivity contribution in [2.75, 3.05) is 6.26 Å². The number of hydrogen-bond donors (Lipinski definition) is 0. The van der Waals surface area contributed by atoms with Crippen LogP contribution in [0.1, 0.15) is 0 Å². The van der Waals surface area contributed by atoms with Crippen LogP contribution in [0, 0.1) is 0 Å². The lowest BCUT2D eigenvalue weighted by molar-refractivity contribution is 1.36. The Labute approximate surface area is 103 Å². The molecule has 0 atom stereocenters. The van der Waals surface area contributed by atoms with Crippen molar-refractivity contribution in [2.24, 2.45) is 0 Å². The van der Waals surface area contributed by atoms with Gasteiger partial charge in [-0.1, -0.05) is 24.3 Å². The van der Waals surface area contributed by atoms with E-state index in [1.165, 1.54) is 32.2 Å². The maximum Gasteiger partial charge on any atom is 0.0599 e. The van der Waals surface area contributed by atoms with E-state index in [1.54, 1.807) is 0 Å². The average molecular weight is 237 g/mol. The highest BCUT2D eigenvalue weighted by molar-refractivity contribution is 7.98. The van der Waals surface area contributed by atoms with Gasteiger partial charge in [0.15, 0.2) is 0 Å². The Morgan fingerprint density at radius 1 is 0.941 bits per heavy atom. The first kappa shape index (κ1) is 9.37. The summed E-state index contributed by atoms with van der Waals surface area (Å²) in [6.45, 7) is 0. The Kier molecular flexibility index (Phi) is 1.75. The van der Waals surface area contributed by atoms with Crippen LogP contribution in [0.4, 0.5) is 0 Å². The molecule has 3 heterocycles. The van der Waals surface area contributed by atoms with Crippen molar-refractivity contribution in [1.29, 1.82) is 0 Å². The van der Waals surface area contributed by atoms with Gasteiger partial charge in [-0.15, -0.1) is 11.8 Å². The number of benzene rings is 1. The van der Waals surface area contributed by atoms with E-state index in [0.717, 1.165) is 0 Å². The zero-order chi connectivity index (χ0) is 11.4. The Morgan fingerprint density at radius 3 is 2.71 bits per heavy atom. The van der Waals surface area contributed by atoms with Gasteiger partial charge in [0, 0.05) is 15.8 Å². The van der Waals surface area contributed by atoms with E-state index in [0.29, 0.717) is 0 Å². The third-order valence-corrected chi connectivity index (χ3v) is 4.20. The largest absolute Gasteiger partial charge is 0.309 e. The van der Waals surface area contributed by atoms with Crippen LogP contribution in [0.15, 0.2) is 53.4 Å². The van der Waals surface area contributed by atoms with E-state index >= 15 is 0 Å². The van der Waals surface area contributed by atoms with Gasteiger partial charge >= 0.3 is 0 Å². The molecule has 0 unspecified atom stereocenters. The molecular weight excluding hydrogens is 226 g/mol. The minimum atomic E-state index is 1.29. The predicted molar refractivity (Wildman–Crippen MR) is 75.4 cm³/mol. The smallest absolute Gasteiger partial charge is 0.0599 e. The van der Waals surface area contributed by atoms with E-state index in [-0.39, 0.29) is 0 Å². The van der Waals surface area contributed by atoms with Gasteiger partial charge in [-0.2, -0.15) is 0 Å². The SMILES string of the molecule is CSc1cc2c3ccccc3cc3ccc1n32. The Hall–Kier alpha value is -1.67. The molecule has 0 N–H and O–H groups in total. The Balaban J connectivity index is 2.36. The molecule has 0 radical (unpaired) electrons. The number of fused-ring (bicyclic) bond motifs is 2. The van der Waals surface area contributed by atoms with Crippen molar-refractivity contribution >= 4 is 39.1 Å². The second-order valence-electron chi connectivity index (χ2n) is 4.31. The fraction of sp³-hybridized carbons (Fsp3) is 0.0667. The monoisotopic (exact) mass is 237 g/mol. The number of nitrogens with zero attached hydrogens (tertiary/aromatic N) is 1. The molecule has 0 aliphatic carbocycles. The molecule has 0 aliphatic rings. The molecule has 0 spiro atoms. The fourth-order valence-corrected chi connectivity index (χ4v) is 3.26. The van der Waals surface area contributed by atoms with Crippen LogP contribution in [0.3, 0.4) is 0 Å². The highest BCUT2D eigenvalue weighted by atomic mass is 32.2. The average Bonchev–Trinajstić information content (AvgIpc) is 2.94. The van der Waals surface area contributed by atoms with Gasteiger partial charge in [-0.25, -0.2) is 0 Å². The molecule has 2 heteroatoms. The maximum atomic E-state index is 2.36. The van der Waals surface area contributed by atoms with Crippen LogP contribution < -0.4 is 0 Å². The molecule has 1 aromatic carbocycles. The van der Waals surface area contributed by atoms with Gasteiger partial charge in [0.2, 0.25) is 0 Å². The number of hydrogen-bond acceptors (Lipinski definition) is 1. The summed E-state index contributed by atoms with van der Waals surface area (Å²) in [4.78, 5) is 1.36. The lowest BCUT2D eigenvalue weighted by atomic mass is 10.1. The topological polar surface area (TPSA) is 4.41 Å². The molecule has 4 aromatic rings. The molecule has 0 saturated heterocycles. The number of rotatable bonds is 1. The number of aromatic nitrogens is 1. The lowest BCUT2D eigenvalue weighted by Gasteiger charge is -2.02. The molecule has 17 heavy (non-hydrogen) atoms. The van der Waals surface area contributed by atoms with Gasteiger partial charge in [-0.3, -0.25) is 0 Å². The van der Waals surface area contributed by atoms with Crippen molar-refractivity contribution in [3.05, 3.63) is 48.5 Å². The third-order valence-electron chi connectivity index (χ3n) is 3.43. The summed E-state index contributed by atoms with van der Waals surface area (Å²) in [5, 5.41) is 2.65. The van der Waals surface area contributed by atoms with Crippen molar-refractivity contribution < 1.29 is 0 Å². The highest BCUT2D eigenvalue weighted by Crippen LogP contribution is 2.34. The summed E-state index contributed by atoms with van der Waals surface area (Å²) in [6, 6.07) is 17.6. The minimum Gasteiger partial charge on any atom is -0.309 e. The standard InChI is InChI=1S/C15H11NS/c1-17-15-9-14-12-5-3-2-4-10(12)8-11-6-7-13(15)16(11)14/h2-9H,1H3. The summed E-state index contributed by atoms with van der Waals surface area (Å²) in [6.07, 6.45) is 2.14. The molecule has 1 nitrogen and oxygen atoms in total. The van der Waals surface area contributed by atoms with E-state index in [2.05, 4.69) is 59.2 Å². The highest BCUT2D eigenvalue weighted by Gasteiger charge is 2.11. The molecule has 0 bridgehead atoms. The van der Waals surface area contributed by atoms with Crippen LogP contribution >= 0.6 is 11.8 Å². The van der Waals surface area contributed by atoms with E-state index in [9.17, 15) is 0 Å². The molecule has 0 fully saturated rings. The van der Waals surface area contributed by atoms with Crippen molar-refractivity contribution in [1.82, 2.24) is 4.40 Å². The molecule has 0 aliphatic heterocycles. The zero-order valence-electron chi connectivity index (χ0n) is 9.47. The first-order chi connectivity index (χ1) is 8.38. The van der Waals surface area contributed by atoms with Crippen LogP contribution in [-0.2, 0) is 0 Å². The lowest BCUT2D eigenvalue weighted by Crippen LogP contribution is -1.83. The second-order valence-corrected chi connectivity index (χ2v) is 5.16. The van der Waals surface area contributed by atoms with Crippen molar-refractivity contribution in [3.63, 3.8) is 0 Å². The summed E-state index contributed by atoms with van der Waals surface area (Å²) in [7, 11) is 0. The Bertz CT molecular complexity index is 828.